The predicted molar refractivity (Wildman–Crippen MR) is 113 cm³/mol. The number of nitrogens with zero attached hydrogens (tertiary/aromatic N) is 2. The first-order valence-electron chi connectivity index (χ1n) is 9.21. The van der Waals surface area contributed by atoms with Gasteiger partial charge in [-0.3, -0.25) is 4.79 Å². The summed E-state index contributed by atoms with van der Waals surface area (Å²) < 4.78 is 11.1. The van der Waals surface area contributed by atoms with Crippen LogP contribution < -0.4 is 10.2 Å². The highest BCUT2D eigenvalue weighted by molar-refractivity contribution is 6.31. The number of benzene rings is 2. The molecule has 3 rings (SSSR count). The Morgan fingerprint density at radius 2 is 2.03 bits per heavy atom. The fourth-order valence-electron chi connectivity index (χ4n) is 2.68. The Kier molecular flexibility index (Phi) is 6.67. The molecule has 0 unspecified atom stereocenters. The lowest BCUT2D eigenvalue weighted by Crippen LogP contribution is -2.25. The maximum atomic E-state index is 12.1. The third-order valence-electron chi connectivity index (χ3n) is 4.16. The number of carbonyl (C=O) groups excluding carboxylic acids is 1. The van der Waals surface area contributed by atoms with Gasteiger partial charge in [-0.1, -0.05) is 44.2 Å². The second-order valence-corrected chi connectivity index (χ2v) is 7.17. The molecule has 0 aliphatic carbocycles. The first kappa shape index (κ1) is 20.6. The summed E-state index contributed by atoms with van der Waals surface area (Å²) in [5, 5.41) is 3.98. The van der Waals surface area contributed by atoms with Gasteiger partial charge in [0.2, 0.25) is 11.1 Å². The van der Waals surface area contributed by atoms with Crippen molar-refractivity contribution in [2.24, 2.45) is 5.10 Å². The number of rotatable bonds is 7. The molecular weight excluding hydrogens is 390 g/mol. The highest BCUT2D eigenvalue weighted by Crippen LogP contribution is 2.27. The van der Waals surface area contributed by atoms with Crippen LogP contribution in [0.1, 0.15) is 36.6 Å². The number of hydrazone groups is 1. The van der Waals surface area contributed by atoms with Crippen molar-refractivity contribution in [3.05, 3.63) is 70.6 Å². The molecule has 0 atom stereocenters. The second-order valence-electron chi connectivity index (χ2n) is 6.82. The molecular formula is C22H22ClN3O3. The molecule has 6 nitrogen and oxygen atoms in total. The summed E-state index contributed by atoms with van der Waals surface area (Å²) in [6.07, 6.45) is 1.34. The summed E-state index contributed by atoms with van der Waals surface area (Å²) in [5.41, 5.74) is 5.65. The SMILES string of the molecule is Cc1ccc(C(C)C)c(OCC(=O)NN=Cc2nc(-c3ccccc3)oc2Cl)c1. The van der Waals surface area contributed by atoms with E-state index in [1.807, 2.05) is 55.5 Å². The van der Waals surface area contributed by atoms with Crippen molar-refractivity contribution in [1.29, 1.82) is 0 Å². The van der Waals surface area contributed by atoms with E-state index >= 15 is 0 Å². The second kappa shape index (κ2) is 9.39. The molecule has 0 saturated heterocycles. The molecule has 7 heteroatoms. The van der Waals surface area contributed by atoms with E-state index in [1.54, 1.807) is 0 Å². The van der Waals surface area contributed by atoms with Gasteiger partial charge < -0.3 is 9.15 Å². The van der Waals surface area contributed by atoms with E-state index in [0.29, 0.717) is 23.3 Å². The number of ether oxygens (including phenoxy) is 1. The Labute approximate surface area is 174 Å². The molecule has 1 amide bonds. The smallest absolute Gasteiger partial charge is 0.277 e. The molecule has 0 bridgehead atoms. The summed E-state index contributed by atoms with van der Waals surface area (Å²) in [6.45, 7) is 5.98. The third-order valence-corrected chi connectivity index (χ3v) is 4.43. The lowest BCUT2D eigenvalue weighted by atomic mass is 10.0. The van der Waals surface area contributed by atoms with Crippen molar-refractivity contribution in [2.75, 3.05) is 6.61 Å². The van der Waals surface area contributed by atoms with E-state index in [-0.39, 0.29) is 17.7 Å². The molecule has 1 heterocycles. The Balaban J connectivity index is 1.58. The van der Waals surface area contributed by atoms with Gasteiger partial charge in [0.25, 0.3) is 5.91 Å². The van der Waals surface area contributed by atoms with Crippen LogP contribution in [0.3, 0.4) is 0 Å². The fourth-order valence-corrected chi connectivity index (χ4v) is 2.85. The standard InChI is InChI=1S/C22H22ClN3O3/c1-14(2)17-10-9-15(3)11-19(17)28-13-20(27)26-24-12-18-21(23)29-22(25-18)16-7-5-4-6-8-16/h4-12,14H,13H2,1-3H3,(H,26,27). The zero-order chi connectivity index (χ0) is 20.8. The average Bonchev–Trinajstić information content (AvgIpc) is 3.07. The van der Waals surface area contributed by atoms with Gasteiger partial charge in [0, 0.05) is 5.56 Å². The quantitative estimate of drug-likeness (QED) is 0.440. The lowest BCUT2D eigenvalue weighted by molar-refractivity contribution is -0.123. The number of oxazole rings is 1. The number of aromatic nitrogens is 1. The van der Waals surface area contributed by atoms with Crippen molar-refractivity contribution < 1.29 is 13.9 Å². The van der Waals surface area contributed by atoms with Gasteiger partial charge in [-0.25, -0.2) is 10.4 Å². The van der Waals surface area contributed by atoms with Crippen LogP contribution in [0.2, 0.25) is 5.22 Å². The summed E-state index contributed by atoms with van der Waals surface area (Å²) in [4.78, 5) is 16.3. The number of carbonyl (C=O) groups is 1. The molecule has 29 heavy (non-hydrogen) atoms. The van der Waals surface area contributed by atoms with Crippen LogP contribution in [0.5, 0.6) is 5.75 Å². The number of amides is 1. The lowest BCUT2D eigenvalue weighted by Gasteiger charge is -2.14. The van der Waals surface area contributed by atoms with Crippen LogP contribution >= 0.6 is 11.6 Å². The van der Waals surface area contributed by atoms with Crippen molar-refractivity contribution in [3.8, 4) is 17.2 Å². The Morgan fingerprint density at radius 3 is 2.76 bits per heavy atom. The molecule has 1 aromatic heterocycles. The van der Waals surface area contributed by atoms with Crippen LogP contribution in [0.25, 0.3) is 11.5 Å². The largest absolute Gasteiger partial charge is 0.483 e. The molecule has 3 aromatic rings. The monoisotopic (exact) mass is 411 g/mol. The van der Waals surface area contributed by atoms with Crippen LogP contribution in [-0.2, 0) is 4.79 Å². The van der Waals surface area contributed by atoms with Gasteiger partial charge >= 0.3 is 0 Å². The fraction of sp³-hybridized carbons (Fsp3) is 0.227. The number of hydrogen-bond donors (Lipinski definition) is 1. The highest BCUT2D eigenvalue weighted by atomic mass is 35.5. The highest BCUT2D eigenvalue weighted by Gasteiger charge is 2.12. The number of hydrogen-bond acceptors (Lipinski definition) is 5. The minimum Gasteiger partial charge on any atom is -0.483 e. The van der Waals surface area contributed by atoms with Crippen LogP contribution in [0, 0.1) is 6.92 Å². The van der Waals surface area contributed by atoms with Crippen LogP contribution in [0.4, 0.5) is 0 Å². The Morgan fingerprint density at radius 1 is 1.28 bits per heavy atom. The zero-order valence-electron chi connectivity index (χ0n) is 16.5. The zero-order valence-corrected chi connectivity index (χ0v) is 17.2. The maximum absolute atomic E-state index is 12.1. The van der Waals surface area contributed by atoms with E-state index < -0.39 is 0 Å². The van der Waals surface area contributed by atoms with Crippen molar-refractivity contribution in [3.63, 3.8) is 0 Å². The molecule has 0 fully saturated rings. The summed E-state index contributed by atoms with van der Waals surface area (Å²) >= 11 is 6.06. The maximum Gasteiger partial charge on any atom is 0.277 e. The molecule has 0 radical (unpaired) electrons. The van der Waals surface area contributed by atoms with E-state index in [0.717, 1.165) is 16.7 Å². The van der Waals surface area contributed by atoms with Crippen molar-refractivity contribution in [1.82, 2.24) is 10.4 Å². The Hall–Kier alpha value is -3.12. The number of nitrogens with one attached hydrogen (secondary N) is 1. The number of halogens is 1. The molecule has 0 aliphatic heterocycles. The van der Waals surface area contributed by atoms with E-state index in [4.69, 9.17) is 20.8 Å². The van der Waals surface area contributed by atoms with Gasteiger partial charge in [-0.05, 0) is 53.8 Å². The normalized spacial score (nSPS) is 11.2. The van der Waals surface area contributed by atoms with E-state index in [1.165, 1.54) is 6.21 Å². The minimum atomic E-state index is -0.389. The molecule has 0 saturated carbocycles. The van der Waals surface area contributed by atoms with Crippen molar-refractivity contribution in [2.45, 2.75) is 26.7 Å². The summed E-state index contributed by atoms with van der Waals surface area (Å²) in [6, 6.07) is 15.3. The van der Waals surface area contributed by atoms with Crippen LogP contribution in [0.15, 0.2) is 58.0 Å². The molecule has 150 valence electrons. The molecule has 1 N–H and O–H groups in total. The third kappa shape index (κ3) is 5.45. The predicted octanol–water partition coefficient (Wildman–Crippen LogP) is 4.96. The van der Waals surface area contributed by atoms with Gasteiger partial charge in [0.15, 0.2) is 6.61 Å². The summed E-state index contributed by atoms with van der Waals surface area (Å²) in [7, 11) is 0. The molecule has 0 aliphatic rings. The molecule has 2 aromatic carbocycles. The van der Waals surface area contributed by atoms with Crippen molar-refractivity contribution >= 4 is 23.7 Å². The first-order chi connectivity index (χ1) is 13.9. The van der Waals surface area contributed by atoms with Gasteiger partial charge in [0.05, 0.1) is 6.21 Å². The van der Waals surface area contributed by atoms with Gasteiger partial charge in [0.1, 0.15) is 11.4 Å². The minimum absolute atomic E-state index is 0.0967. The molecule has 0 spiro atoms. The van der Waals surface area contributed by atoms with E-state index in [9.17, 15) is 4.79 Å². The Bertz CT molecular complexity index is 1010. The van der Waals surface area contributed by atoms with Gasteiger partial charge in [-0.2, -0.15) is 5.10 Å². The van der Waals surface area contributed by atoms with Gasteiger partial charge in [-0.15, -0.1) is 0 Å². The van der Waals surface area contributed by atoms with E-state index in [2.05, 4.69) is 29.4 Å². The van der Waals surface area contributed by atoms with Crippen LogP contribution in [-0.4, -0.2) is 23.7 Å². The topological polar surface area (TPSA) is 76.7 Å². The average molecular weight is 412 g/mol. The number of aryl methyl sites for hydroxylation is 1. The first-order valence-corrected chi connectivity index (χ1v) is 9.59. The summed E-state index contributed by atoms with van der Waals surface area (Å²) in [5.74, 6) is 0.985.